The molecule has 0 atom stereocenters. The van der Waals surface area contributed by atoms with Gasteiger partial charge in [-0.1, -0.05) is 41.5 Å². The Balaban J connectivity index is -0.000000157. The molecule has 0 fully saturated rings. The second-order valence-corrected chi connectivity index (χ2v) is 7.36. The van der Waals surface area contributed by atoms with Crippen LogP contribution < -0.4 is 24.8 Å². The molecule has 0 unspecified atom stereocenters. The van der Waals surface area contributed by atoms with Gasteiger partial charge in [-0.05, 0) is 46.2 Å². The van der Waals surface area contributed by atoms with E-state index in [2.05, 4.69) is 75.8 Å². The Morgan fingerprint density at radius 3 is 1.07 bits per heavy atom. The van der Waals surface area contributed by atoms with E-state index in [0.717, 1.165) is 11.4 Å². The first-order chi connectivity index (χ1) is 9.18. The number of nitrogens with zero attached hydrogens (tertiary/aromatic N) is 2. The van der Waals surface area contributed by atoms with E-state index in [9.17, 15) is 0 Å². The van der Waals surface area contributed by atoms with Crippen molar-refractivity contribution in [2.24, 2.45) is 0 Å². The van der Waals surface area contributed by atoms with E-state index in [1.165, 1.54) is 11.1 Å². The van der Waals surface area contributed by atoms with Gasteiger partial charge in [0, 0.05) is 12.4 Å². The Hall–Kier alpha value is -0.786. The second-order valence-electron chi connectivity index (χ2n) is 7.36. The van der Waals surface area contributed by atoms with Crippen LogP contribution in [0, 0.1) is 0 Å². The molecular formula is C18H36Cl2N2NiO4+4. The van der Waals surface area contributed by atoms with Crippen LogP contribution in [0.1, 0.15) is 52.7 Å². The number of halogens is 2. The van der Waals surface area contributed by atoms with Crippen LogP contribution in [-0.2, 0) is 49.2 Å². The molecule has 2 rings (SSSR count). The maximum Gasteiger partial charge on any atom is 2.00 e. The van der Waals surface area contributed by atoms with Crippen LogP contribution in [0.2, 0.25) is 0 Å². The van der Waals surface area contributed by atoms with Gasteiger partial charge in [0.25, 0.3) is 0 Å². The van der Waals surface area contributed by atoms with Crippen LogP contribution in [0.15, 0.2) is 36.7 Å². The molecule has 0 bridgehead atoms. The molecule has 0 saturated carbocycles. The minimum atomic E-state index is 0. The van der Waals surface area contributed by atoms with Crippen LogP contribution in [-0.4, -0.2) is 9.97 Å². The molecule has 0 spiro atoms. The molecule has 27 heavy (non-hydrogen) atoms. The van der Waals surface area contributed by atoms with Gasteiger partial charge in [-0.3, -0.25) is 9.97 Å². The molecule has 0 radical (unpaired) electrons. The van der Waals surface area contributed by atoms with Gasteiger partial charge < -0.3 is 46.7 Å². The van der Waals surface area contributed by atoms with E-state index < -0.39 is 0 Å². The maximum absolute atomic E-state index is 4.48. The van der Waals surface area contributed by atoms with Crippen molar-refractivity contribution in [1.82, 2.24) is 9.97 Å². The fraction of sp³-hybridized carbons (Fsp3) is 0.444. The third kappa shape index (κ3) is 11.0. The number of pyridine rings is 2. The molecule has 0 aliphatic carbocycles. The Morgan fingerprint density at radius 1 is 0.593 bits per heavy atom. The Labute approximate surface area is 184 Å². The zero-order chi connectivity index (χ0) is 15.0. The molecule has 9 heteroatoms. The standard InChI is InChI=1S/C18H24N2.2ClH.Ni.4H2O/c1-17(2,3)13-7-9-19-15(11-13)16-12-14(8-10-20-16)18(4,5)6;;;;;;;/h7-12H,1-6H3;2*1H;;4*1H2/q;;;+2;;;;/p+2. The van der Waals surface area contributed by atoms with Crippen molar-refractivity contribution in [3.63, 3.8) is 0 Å². The third-order valence-electron chi connectivity index (χ3n) is 3.51. The van der Waals surface area contributed by atoms with Gasteiger partial charge in [0.1, 0.15) is 0 Å². The van der Waals surface area contributed by atoms with E-state index >= 15 is 0 Å². The molecule has 12 N–H and O–H groups in total. The average molecular weight is 474 g/mol. The molecular weight excluding hydrogens is 438 g/mol. The zero-order valence-corrected chi connectivity index (χ0v) is 19.2. The maximum atomic E-state index is 4.48. The summed E-state index contributed by atoms with van der Waals surface area (Å²) in [5.74, 6) is 0. The van der Waals surface area contributed by atoms with Gasteiger partial charge in [0.05, 0.1) is 11.4 Å². The van der Waals surface area contributed by atoms with E-state index in [4.69, 9.17) is 0 Å². The van der Waals surface area contributed by atoms with E-state index in [0.29, 0.717) is 0 Å². The topological polar surface area (TPSA) is 158 Å². The summed E-state index contributed by atoms with van der Waals surface area (Å²) in [6, 6.07) is 8.46. The Morgan fingerprint density at radius 2 is 0.852 bits per heavy atom. The quantitative estimate of drug-likeness (QED) is 0.300. The van der Waals surface area contributed by atoms with Gasteiger partial charge in [-0.2, -0.15) is 0 Å². The predicted molar refractivity (Wildman–Crippen MR) is 104 cm³/mol. The van der Waals surface area contributed by atoms with Crippen molar-refractivity contribution in [1.29, 1.82) is 0 Å². The number of hydrogen-bond acceptors (Lipinski definition) is 2. The molecule has 0 aliphatic heterocycles. The summed E-state index contributed by atoms with van der Waals surface area (Å²) in [5.41, 5.74) is 4.71. The summed E-state index contributed by atoms with van der Waals surface area (Å²) in [4.78, 5) is 8.97. The monoisotopic (exact) mass is 472 g/mol. The average Bonchev–Trinajstić information content (AvgIpc) is 2.37. The normalized spacial score (nSPS) is 9.26. The van der Waals surface area contributed by atoms with Gasteiger partial charge in [0.2, 0.25) is 0 Å². The van der Waals surface area contributed by atoms with Crippen molar-refractivity contribution in [2.75, 3.05) is 0 Å². The Kier molecular flexibility index (Phi) is 22.9. The summed E-state index contributed by atoms with van der Waals surface area (Å²) < 4.78 is 0. The molecule has 6 nitrogen and oxygen atoms in total. The van der Waals surface area contributed by atoms with Gasteiger partial charge in [-0.15, -0.1) is 0 Å². The summed E-state index contributed by atoms with van der Waals surface area (Å²) in [6.07, 6.45) is 3.75. The molecule has 0 aliphatic rings. The number of hydrogen-bond donors (Lipinski definition) is 0. The van der Waals surface area contributed by atoms with Crippen LogP contribution in [0.3, 0.4) is 0 Å². The summed E-state index contributed by atoms with van der Waals surface area (Å²) >= 11 is 0. The van der Waals surface area contributed by atoms with Crippen molar-refractivity contribution in [2.45, 2.75) is 52.4 Å². The second kappa shape index (κ2) is 15.2. The smallest absolute Gasteiger partial charge is 1.00 e. The predicted octanol–water partition coefficient (Wildman–Crippen LogP) is -4.94. The largest absolute Gasteiger partial charge is 2.00 e. The Bertz CT molecular complexity index is 578. The van der Waals surface area contributed by atoms with Gasteiger partial charge in [-0.25, -0.2) is 0 Å². The van der Waals surface area contributed by atoms with E-state index in [1.807, 2.05) is 12.4 Å². The SMILES string of the molecule is CC(C)(C)c1ccnc(-c2cc(C(C)(C)C)ccn2)c1.[Cl-].[Cl-].[Ni+2].[OH3+].[OH3+].[OH3+].[OH3+]. The fourth-order valence-corrected chi connectivity index (χ4v) is 2.07. The molecule has 0 aromatic carbocycles. The molecule has 2 aromatic heterocycles. The van der Waals surface area contributed by atoms with Crippen molar-refractivity contribution in [3.05, 3.63) is 47.8 Å². The summed E-state index contributed by atoms with van der Waals surface area (Å²) in [7, 11) is 0. The van der Waals surface area contributed by atoms with Gasteiger partial charge in [0.15, 0.2) is 0 Å². The minimum Gasteiger partial charge on any atom is -1.00 e. The molecule has 0 saturated heterocycles. The number of rotatable bonds is 1. The van der Waals surface area contributed by atoms with Crippen molar-refractivity contribution >= 4 is 0 Å². The first-order valence-corrected chi connectivity index (χ1v) is 7.11. The van der Waals surface area contributed by atoms with E-state index in [-0.39, 0.29) is 74.0 Å². The summed E-state index contributed by atoms with van der Waals surface area (Å²) in [5, 5.41) is 0. The minimum absolute atomic E-state index is 0. The first-order valence-electron chi connectivity index (χ1n) is 7.11. The van der Waals surface area contributed by atoms with Crippen molar-refractivity contribution in [3.8, 4) is 11.4 Å². The molecule has 162 valence electrons. The van der Waals surface area contributed by atoms with Crippen LogP contribution >= 0.6 is 0 Å². The van der Waals surface area contributed by atoms with E-state index in [1.54, 1.807) is 0 Å². The fourth-order valence-electron chi connectivity index (χ4n) is 2.07. The first kappa shape index (κ1) is 40.8. The molecule has 2 heterocycles. The number of aromatic nitrogens is 2. The van der Waals surface area contributed by atoms with Crippen LogP contribution in [0.4, 0.5) is 0 Å². The zero-order valence-electron chi connectivity index (χ0n) is 16.7. The summed E-state index contributed by atoms with van der Waals surface area (Å²) in [6.45, 7) is 13.3. The van der Waals surface area contributed by atoms with Crippen LogP contribution in [0.5, 0.6) is 0 Å². The van der Waals surface area contributed by atoms with Crippen LogP contribution in [0.25, 0.3) is 11.4 Å². The van der Waals surface area contributed by atoms with Gasteiger partial charge >= 0.3 is 16.5 Å². The molecule has 2 aromatic rings. The van der Waals surface area contributed by atoms with Crippen molar-refractivity contribution < 1.29 is 63.2 Å². The third-order valence-corrected chi connectivity index (χ3v) is 3.51. The molecule has 0 amide bonds.